The summed E-state index contributed by atoms with van der Waals surface area (Å²) in [5.74, 6) is 5.88. The van der Waals surface area contributed by atoms with E-state index in [9.17, 15) is 9.59 Å². The van der Waals surface area contributed by atoms with Crippen molar-refractivity contribution in [3.8, 4) is 0 Å². The third-order valence-corrected chi connectivity index (χ3v) is 3.54. The molecule has 5 N–H and O–H groups in total. The molecule has 7 heteroatoms. The number of aromatic nitrogens is 1. The van der Waals surface area contributed by atoms with Gasteiger partial charge in [0.05, 0.1) is 0 Å². The molecule has 0 spiro atoms. The zero-order valence-electron chi connectivity index (χ0n) is 13.5. The molecule has 1 aromatic heterocycles. The molecular weight excluding hydrogens is 306 g/mol. The lowest BCUT2D eigenvalue weighted by Gasteiger charge is -2.19. The fourth-order valence-electron chi connectivity index (χ4n) is 2.26. The number of benzene rings is 1. The van der Waals surface area contributed by atoms with Crippen molar-refractivity contribution in [3.63, 3.8) is 0 Å². The Labute approximate surface area is 140 Å². The van der Waals surface area contributed by atoms with Gasteiger partial charge in [-0.25, -0.2) is 10.8 Å². The number of hydrazine groups is 1. The molecule has 1 heterocycles. The van der Waals surface area contributed by atoms with Crippen LogP contribution in [0.15, 0.2) is 42.5 Å². The van der Waals surface area contributed by atoms with E-state index in [0.29, 0.717) is 12.2 Å². The molecule has 1 unspecified atom stereocenters. The molecule has 0 bridgehead atoms. The van der Waals surface area contributed by atoms with Gasteiger partial charge < -0.3 is 11.1 Å². The van der Waals surface area contributed by atoms with Crippen LogP contribution in [-0.4, -0.2) is 22.3 Å². The van der Waals surface area contributed by atoms with Gasteiger partial charge in [-0.15, -0.1) is 0 Å². The van der Waals surface area contributed by atoms with Crippen molar-refractivity contribution in [3.05, 3.63) is 59.3 Å². The second-order valence-electron chi connectivity index (χ2n) is 5.43. The van der Waals surface area contributed by atoms with Gasteiger partial charge in [0.25, 0.3) is 0 Å². The van der Waals surface area contributed by atoms with Gasteiger partial charge in [0.2, 0.25) is 12.3 Å². The number of nitrogens with two attached hydrogens (primary N) is 2. The van der Waals surface area contributed by atoms with Gasteiger partial charge in [-0.2, -0.15) is 0 Å². The van der Waals surface area contributed by atoms with Crippen LogP contribution in [0.1, 0.15) is 29.9 Å². The quantitative estimate of drug-likeness (QED) is 0.232. The summed E-state index contributed by atoms with van der Waals surface area (Å²) in [5, 5.41) is 3.59. The molecule has 1 aromatic carbocycles. The topological polar surface area (TPSA) is 114 Å². The minimum atomic E-state index is -0.660. The van der Waals surface area contributed by atoms with Crippen LogP contribution in [-0.2, 0) is 22.4 Å². The molecular formula is C17H21N5O2. The summed E-state index contributed by atoms with van der Waals surface area (Å²) in [6, 6.07) is 13.1. The molecule has 2 amide bonds. The summed E-state index contributed by atoms with van der Waals surface area (Å²) < 4.78 is 0. The SMILES string of the molecule is CC(=O)Nc1cccc(CCc2ccc(C(N)N(N)C=O)cc2)n1. The summed E-state index contributed by atoms with van der Waals surface area (Å²) in [4.78, 5) is 26.1. The van der Waals surface area contributed by atoms with E-state index in [1.807, 2.05) is 36.4 Å². The maximum absolute atomic E-state index is 11.1. The number of carbonyl (C=O) groups excluding carboxylic acids is 2. The number of nitrogens with zero attached hydrogens (tertiary/aromatic N) is 2. The molecule has 0 saturated carbocycles. The highest BCUT2D eigenvalue weighted by Gasteiger charge is 2.10. The Morgan fingerprint density at radius 1 is 1.25 bits per heavy atom. The van der Waals surface area contributed by atoms with Gasteiger partial charge in [-0.1, -0.05) is 30.3 Å². The van der Waals surface area contributed by atoms with Gasteiger partial charge in [-0.05, 0) is 36.1 Å². The normalized spacial score (nSPS) is 11.6. The van der Waals surface area contributed by atoms with Crippen molar-refractivity contribution < 1.29 is 9.59 Å². The van der Waals surface area contributed by atoms with E-state index in [2.05, 4.69) is 10.3 Å². The first-order valence-electron chi connectivity index (χ1n) is 7.56. The second-order valence-corrected chi connectivity index (χ2v) is 5.43. The smallest absolute Gasteiger partial charge is 0.225 e. The molecule has 0 aliphatic rings. The minimum absolute atomic E-state index is 0.143. The molecule has 24 heavy (non-hydrogen) atoms. The molecule has 0 fully saturated rings. The lowest BCUT2D eigenvalue weighted by molar-refractivity contribution is -0.120. The first-order chi connectivity index (χ1) is 11.5. The number of rotatable bonds is 7. The van der Waals surface area contributed by atoms with Crippen LogP contribution in [0.5, 0.6) is 0 Å². The van der Waals surface area contributed by atoms with Crippen LogP contribution in [0.25, 0.3) is 0 Å². The summed E-state index contributed by atoms with van der Waals surface area (Å²) >= 11 is 0. The first kappa shape index (κ1) is 17.6. The number of nitrogens with one attached hydrogen (secondary N) is 1. The molecule has 7 nitrogen and oxygen atoms in total. The van der Waals surface area contributed by atoms with Gasteiger partial charge in [0, 0.05) is 12.6 Å². The number of carbonyl (C=O) groups is 2. The van der Waals surface area contributed by atoms with Crippen molar-refractivity contribution in [2.24, 2.45) is 11.6 Å². The van der Waals surface area contributed by atoms with Crippen LogP contribution in [0, 0.1) is 0 Å². The molecule has 126 valence electrons. The largest absolute Gasteiger partial charge is 0.311 e. The lowest BCUT2D eigenvalue weighted by Crippen LogP contribution is -2.38. The van der Waals surface area contributed by atoms with Crippen molar-refractivity contribution in [2.45, 2.75) is 25.9 Å². The average molecular weight is 327 g/mol. The Morgan fingerprint density at radius 3 is 2.58 bits per heavy atom. The van der Waals surface area contributed by atoms with E-state index in [1.54, 1.807) is 6.07 Å². The van der Waals surface area contributed by atoms with Gasteiger partial charge in [0.15, 0.2) is 0 Å². The van der Waals surface area contributed by atoms with Crippen LogP contribution in [0.3, 0.4) is 0 Å². The van der Waals surface area contributed by atoms with Crippen LogP contribution >= 0.6 is 0 Å². The second kappa shape index (κ2) is 8.19. The number of aryl methyl sites for hydroxylation is 2. The van der Waals surface area contributed by atoms with E-state index in [-0.39, 0.29) is 5.91 Å². The maximum atomic E-state index is 11.1. The molecule has 0 saturated heterocycles. The first-order valence-corrected chi connectivity index (χ1v) is 7.56. The molecule has 1 atom stereocenters. The van der Waals surface area contributed by atoms with Crippen LogP contribution in [0.4, 0.5) is 5.82 Å². The predicted molar refractivity (Wildman–Crippen MR) is 91.4 cm³/mol. The third-order valence-electron chi connectivity index (χ3n) is 3.54. The summed E-state index contributed by atoms with van der Waals surface area (Å²) in [6.45, 7) is 1.45. The Morgan fingerprint density at radius 2 is 1.96 bits per heavy atom. The summed E-state index contributed by atoms with van der Waals surface area (Å²) in [6.07, 6.45) is 1.38. The number of amides is 2. The predicted octanol–water partition coefficient (Wildman–Crippen LogP) is 1.11. The standard InChI is InChI=1S/C17H21N5O2/c1-12(24)20-16-4-2-3-15(21-16)10-7-13-5-8-14(9-6-13)17(18)22(19)11-23/h2-6,8-9,11,17H,7,10,18-19H2,1H3,(H,20,21,24). The van der Waals surface area contributed by atoms with Crippen molar-refractivity contribution in [2.75, 3.05) is 5.32 Å². The van der Waals surface area contributed by atoms with E-state index in [1.165, 1.54) is 6.92 Å². The minimum Gasteiger partial charge on any atom is -0.311 e. The number of hydrogen-bond acceptors (Lipinski definition) is 5. The molecule has 2 aromatic rings. The van der Waals surface area contributed by atoms with Crippen LogP contribution in [0.2, 0.25) is 0 Å². The van der Waals surface area contributed by atoms with Gasteiger partial charge in [0.1, 0.15) is 12.0 Å². The highest BCUT2D eigenvalue weighted by Crippen LogP contribution is 2.14. The number of anilines is 1. The maximum Gasteiger partial charge on any atom is 0.225 e. The highest BCUT2D eigenvalue weighted by atomic mass is 16.1. The fraction of sp³-hybridized carbons (Fsp3) is 0.235. The number of hydrogen-bond donors (Lipinski definition) is 3. The summed E-state index contributed by atoms with van der Waals surface area (Å²) in [5.41, 5.74) is 8.63. The lowest BCUT2D eigenvalue weighted by atomic mass is 10.0. The Bertz CT molecular complexity index is 702. The average Bonchev–Trinajstić information content (AvgIpc) is 2.59. The fourth-order valence-corrected chi connectivity index (χ4v) is 2.26. The Kier molecular flexibility index (Phi) is 6.00. The zero-order valence-corrected chi connectivity index (χ0v) is 13.5. The molecule has 2 rings (SSSR count). The monoisotopic (exact) mass is 327 g/mol. The molecule has 0 aliphatic heterocycles. The van der Waals surface area contributed by atoms with E-state index >= 15 is 0 Å². The molecule has 0 radical (unpaired) electrons. The van der Waals surface area contributed by atoms with Gasteiger partial charge in [-0.3, -0.25) is 14.6 Å². The number of pyridine rings is 1. The molecule has 0 aliphatic carbocycles. The zero-order chi connectivity index (χ0) is 17.5. The van der Waals surface area contributed by atoms with Crippen molar-refractivity contribution >= 4 is 18.1 Å². The highest BCUT2D eigenvalue weighted by molar-refractivity contribution is 5.87. The van der Waals surface area contributed by atoms with E-state index < -0.39 is 6.17 Å². The van der Waals surface area contributed by atoms with Crippen molar-refractivity contribution in [1.29, 1.82) is 0 Å². The summed E-state index contributed by atoms with van der Waals surface area (Å²) in [7, 11) is 0. The van der Waals surface area contributed by atoms with Crippen molar-refractivity contribution in [1.82, 2.24) is 9.99 Å². The van der Waals surface area contributed by atoms with Gasteiger partial charge >= 0.3 is 0 Å². The van der Waals surface area contributed by atoms with E-state index in [4.69, 9.17) is 11.6 Å². The van der Waals surface area contributed by atoms with E-state index in [0.717, 1.165) is 34.7 Å². The third kappa shape index (κ3) is 4.87. The Balaban J connectivity index is 1.97. The van der Waals surface area contributed by atoms with Crippen LogP contribution < -0.4 is 16.9 Å². The Hall–Kier alpha value is -2.77.